The van der Waals surface area contributed by atoms with Crippen LogP contribution in [0.5, 0.6) is 0 Å². The van der Waals surface area contributed by atoms with E-state index in [-0.39, 0.29) is 36.5 Å². The number of unbranched alkanes of at least 4 members (excludes halogenated alkanes) is 51. The largest absolute Gasteiger partial charge is 0.478 e. The van der Waals surface area contributed by atoms with Crippen LogP contribution in [0.3, 0.4) is 0 Å². The number of carbonyl (C=O) groups excluding carboxylic acids is 3. The maximum atomic E-state index is 13.7. The van der Waals surface area contributed by atoms with E-state index >= 15 is 0 Å². The first-order chi connectivity index (χ1) is 38.4. The van der Waals surface area contributed by atoms with Gasteiger partial charge in [-0.25, -0.2) is 19.2 Å². The number of carboxylic acids is 1. The minimum absolute atomic E-state index is 0.152. The van der Waals surface area contributed by atoms with Gasteiger partial charge in [-0.2, -0.15) is 0 Å². The van der Waals surface area contributed by atoms with Crippen LogP contribution in [0.25, 0.3) is 0 Å². The highest BCUT2D eigenvalue weighted by Gasteiger charge is 2.28. The third kappa shape index (κ3) is 44.8. The summed E-state index contributed by atoms with van der Waals surface area (Å²) >= 11 is 0. The Morgan fingerprint density at radius 3 is 0.551 bits per heavy atom. The monoisotopic (exact) mass is 1090 g/mol. The predicted octanol–water partition coefficient (Wildman–Crippen LogP) is 23.0. The molecule has 0 fully saturated rings. The fourth-order valence-corrected chi connectivity index (χ4v) is 11.0. The Morgan fingerprint density at radius 2 is 0.385 bits per heavy atom. The maximum Gasteiger partial charge on any atom is 0.339 e. The molecule has 1 aromatic carbocycles. The second kappa shape index (κ2) is 57.3. The molecule has 0 aliphatic rings. The summed E-state index contributed by atoms with van der Waals surface area (Å²) in [5.41, 5.74) is -1.01. The average Bonchev–Trinajstić information content (AvgIpc) is 3.45. The topological polar surface area (TPSA) is 116 Å². The van der Waals surface area contributed by atoms with Gasteiger partial charge in [-0.05, 0) is 31.4 Å². The van der Waals surface area contributed by atoms with E-state index in [0.717, 1.165) is 63.9 Å². The molecular weight excluding hydrogens is 969 g/mol. The molecule has 0 aromatic heterocycles. The molecule has 1 aromatic rings. The van der Waals surface area contributed by atoms with Gasteiger partial charge in [-0.3, -0.25) is 0 Å². The van der Waals surface area contributed by atoms with Crippen molar-refractivity contribution in [2.24, 2.45) is 0 Å². The Kier molecular flexibility index (Phi) is 53.7. The van der Waals surface area contributed by atoms with E-state index in [9.17, 15) is 24.3 Å². The smallest absolute Gasteiger partial charge is 0.339 e. The minimum atomic E-state index is -1.38. The van der Waals surface area contributed by atoms with Gasteiger partial charge in [0, 0.05) is 0 Å². The van der Waals surface area contributed by atoms with Gasteiger partial charge in [0.2, 0.25) is 0 Å². The summed E-state index contributed by atoms with van der Waals surface area (Å²) in [5, 5.41) is 10.2. The normalized spacial score (nSPS) is 11.4. The van der Waals surface area contributed by atoms with Crippen LogP contribution in [0.15, 0.2) is 12.1 Å². The van der Waals surface area contributed by atoms with Gasteiger partial charge in [-0.15, -0.1) is 0 Å². The molecule has 0 spiro atoms. The summed E-state index contributed by atoms with van der Waals surface area (Å²) in [7, 11) is 0. The van der Waals surface area contributed by atoms with Gasteiger partial charge >= 0.3 is 23.9 Å². The Bertz CT molecular complexity index is 1520. The molecule has 78 heavy (non-hydrogen) atoms. The lowest BCUT2D eigenvalue weighted by Gasteiger charge is -2.14. The number of hydrogen-bond acceptors (Lipinski definition) is 7. The van der Waals surface area contributed by atoms with Crippen molar-refractivity contribution in [3.05, 3.63) is 34.4 Å². The van der Waals surface area contributed by atoms with Crippen molar-refractivity contribution in [1.29, 1.82) is 0 Å². The molecule has 0 aliphatic carbocycles. The summed E-state index contributed by atoms with van der Waals surface area (Å²) in [6, 6.07) is 2.27. The van der Waals surface area contributed by atoms with E-state index in [2.05, 4.69) is 20.8 Å². The summed E-state index contributed by atoms with van der Waals surface area (Å²) in [4.78, 5) is 53.3. The number of hydrogen-bond donors (Lipinski definition) is 1. The van der Waals surface area contributed by atoms with E-state index in [1.165, 1.54) is 276 Å². The minimum Gasteiger partial charge on any atom is -0.478 e. The number of aromatic carboxylic acids is 1. The lowest BCUT2D eigenvalue weighted by Crippen LogP contribution is -2.20. The van der Waals surface area contributed by atoms with E-state index in [1.807, 2.05) is 0 Å². The molecule has 0 atom stereocenters. The summed E-state index contributed by atoms with van der Waals surface area (Å²) in [5.74, 6) is -3.76. The second-order valence-corrected chi connectivity index (χ2v) is 23.7. The number of rotatable bonds is 61. The van der Waals surface area contributed by atoms with Gasteiger partial charge in [0.05, 0.1) is 42.1 Å². The van der Waals surface area contributed by atoms with Crippen LogP contribution >= 0.6 is 0 Å². The van der Waals surface area contributed by atoms with Crippen molar-refractivity contribution in [2.75, 3.05) is 19.8 Å². The standard InChI is InChI=1S/C70H126O8/c1-4-7-10-13-16-19-22-25-28-31-34-37-40-43-46-49-52-55-58-76-68(73)64-62-66(70(75)78-60-57-54-51-48-45-42-39-36-33-30-27-24-21-18-15-12-9-6-3)65(61-63(64)67(71)72)69(74)77-59-56-53-50-47-44-41-38-35-32-29-26-23-20-17-14-11-8-5-2/h61-62H,4-60H2,1-3H3,(H,71,72). The average molecular weight is 1100 g/mol. The molecule has 0 amide bonds. The molecule has 8 nitrogen and oxygen atoms in total. The van der Waals surface area contributed by atoms with Crippen LogP contribution in [-0.4, -0.2) is 48.8 Å². The first-order valence-electron chi connectivity index (χ1n) is 34.3. The van der Waals surface area contributed by atoms with Crippen molar-refractivity contribution < 1.29 is 38.5 Å². The zero-order chi connectivity index (χ0) is 56.5. The fraction of sp³-hybridized carbons (Fsp3) is 0.857. The Labute approximate surface area is 482 Å². The molecular formula is C70H126O8. The quantitative estimate of drug-likeness (QED) is 0.0390. The van der Waals surface area contributed by atoms with E-state index in [0.29, 0.717) is 19.3 Å². The van der Waals surface area contributed by atoms with Crippen molar-refractivity contribution in [1.82, 2.24) is 0 Å². The molecule has 8 heteroatoms. The molecule has 1 rings (SSSR count). The number of esters is 3. The molecule has 0 bridgehead atoms. The van der Waals surface area contributed by atoms with Gasteiger partial charge < -0.3 is 19.3 Å². The summed E-state index contributed by atoms with van der Waals surface area (Å²) in [6.07, 6.45) is 68.1. The number of ether oxygens (including phenoxy) is 3. The van der Waals surface area contributed by atoms with E-state index < -0.39 is 29.4 Å². The Morgan fingerprint density at radius 1 is 0.244 bits per heavy atom. The lowest BCUT2D eigenvalue weighted by molar-refractivity contribution is 0.0446. The van der Waals surface area contributed by atoms with Crippen LogP contribution in [-0.2, 0) is 14.2 Å². The highest BCUT2D eigenvalue weighted by molar-refractivity contribution is 6.10. The number of benzene rings is 1. The third-order valence-electron chi connectivity index (χ3n) is 16.2. The second-order valence-electron chi connectivity index (χ2n) is 23.7. The molecule has 1 N–H and O–H groups in total. The summed E-state index contributed by atoms with van der Waals surface area (Å²) < 4.78 is 16.9. The molecule has 0 heterocycles. The molecule has 0 saturated heterocycles. The van der Waals surface area contributed by atoms with Gasteiger partial charge in [0.25, 0.3) is 0 Å². The van der Waals surface area contributed by atoms with Crippen LogP contribution in [0.2, 0.25) is 0 Å². The SMILES string of the molecule is CCCCCCCCCCCCCCCCCCCCOC(=O)c1cc(C(=O)OCCCCCCCCCCCCCCCCCCCC)c(C(=O)OCCCCCCCCCCCCCCCCCCCC)cc1C(=O)O. The predicted molar refractivity (Wildman–Crippen MR) is 331 cm³/mol. The van der Waals surface area contributed by atoms with Crippen LogP contribution in [0.1, 0.15) is 409 Å². The highest BCUT2D eigenvalue weighted by Crippen LogP contribution is 2.24. The van der Waals surface area contributed by atoms with Crippen molar-refractivity contribution >= 4 is 23.9 Å². The molecule has 454 valence electrons. The van der Waals surface area contributed by atoms with Crippen molar-refractivity contribution in [3.63, 3.8) is 0 Å². The molecule has 0 unspecified atom stereocenters. The molecule has 0 aliphatic heterocycles. The maximum absolute atomic E-state index is 13.7. The van der Waals surface area contributed by atoms with Crippen LogP contribution in [0, 0.1) is 0 Å². The van der Waals surface area contributed by atoms with Crippen molar-refractivity contribution in [2.45, 2.75) is 367 Å². The Balaban J connectivity index is 2.55. The fourth-order valence-electron chi connectivity index (χ4n) is 11.0. The number of carboxylic acid groups (broad SMARTS) is 1. The highest BCUT2D eigenvalue weighted by atomic mass is 16.5. The van der Waals surface area contributed by atoms with Gasteiger partial charge in [0.1, 0.15) is 0 Å². The first-order valence-corrected chi connectivity index (χ1v) is 34.3. The van der Waals surface area contributed by atoms with E-state index in [4.69, 9.17) is 14.2 Å². The van der Waals surface area contributed by atoms with Crippen LogP contribution in [0.4, 0.5) is 0 Å². The zero-order valence-corrected chi connectivity index (χ0v) is 51.8. The van der Waals surface area contributed by atoms with Gasteiger partial charge in [-0.1, -0.05) is 348 Å². The Hall–Kier alpha value is -2.90. The summed E-state index contributed by atoms with van der Waals surface area (Å²) in [6.45, 7) is 7.31. The lowest BCUT2D eigenvalue weighted by atomic mass is 9.98. The zero-order valence-electron chi connectivity index (χ0n) is 51.8. The van der Waals surface area contributed by atoms with E-state index in [1.54, 1.807) is 0 Å². The van der Waals surface area contributed by atoms with Gasteiger partial charge in [0.15, 0.2) is 0 Å². The first kappa shape index (κ1) is 73.1. The van der Waals surface area contributed by atoms with Crippen molar-refractivity contribution in [3.8, 4) is 0 Å². The van der Waals surface area contributed by atoms with Crippen LogP contribution < -0.4 is 0 Å². The molecule has 0 radical (unpaired) electrons. The third-order valence-corrected chi connectivity index (χ3v) is 16.2. The number of carbonyl (C=O) groups is 4. The molecule has 0 saturated carbocycles.